The molecule has 0 amide bonds. The minimum atomic E-state index is -0.617. The van der Waals surface area contributed by atoms with E-state index in [0.29, 0.717) is 0 Å². The van der Waals surface area contributed by atoms with Gasteiger partial charge < -0.3 is 14.7 Å². The molecule has 5 nitrogen and oxygen atoms in total. The standard InChI is InChI=1S/C20H26N4O/c1-15(8-7-11-20(2,3)25)24-14-23-17(16-9-5-4-6-10-16)18(24)19-21-12-13-22-19/h4-6,9-10,12-15,25H,7-8,11H2,1-3H3,(H,21,22)/t15-/m1/s1. The number of aromatic amines is 1. The third-order valence-corrected chi connectivity index (χ3v) is 4.45. The number of nitrogens with one attached hydrogen (secondary N) is 1. The lowest BCUT2D eigenvalue weighted by molar-refractivity contribution is 0.0672. The molecule has 132 valence electrons. The second-order valence-electron chi connectivity index (χ2n) is 7.21. The van der Waals surface area contributed by atoms with Gasteiger partial charge in [0.25, 0.3) is 0 Å². The maximum absolute atomic E-state index is 9.92. The highest BCUT2D eigenvalue weighted by Crippen LogP contribution is 2.32. The lowest BCUT2D eigenvalue weighted by Gasteiger charge is -2.20. The molecule has 2 heterocycles. The van der Waals surface area contributed by atoms with Gasteiger partial charge in [-0.3, -0.25) is 0 Å². The smallest absolute Gasteiger partial charge is 0.156 e. The summed E-state index contributed by atoms with van der Waals surface area (Å²) in [6, 6.07) is 10.5. The fraction of sp³-hybridized carbons (Fsp3) is 0.400. The molecule has 2 aromatic heterocycles. The minimum absolute atomic E-state index is 0.271. The average Bonchev–Trinajstić information content (AvgIpc) is 3.23. The molecule has 0 bridgehead atoms. The third kappa shape index (κ3) is 4.17. The van der Waals surface area contributed by atoms with E-state index in [9.17, 15) is 5.11 Å². The Morgan fingerprint density at radius 2 is 1.96 bits per heavy atom. The molecule has 1 aromatic carbocycles. The van der Waals surface area contributed by atoms with Crippen molar-refractivity contribution in [2.24, 2.45) is 0 Å². The Bertz CT molecular complexity index is 785. The van der Waals surface area contributed by atoms with Gasteiger partial charge in [-0.05, 0) is 40.0 Å². The second-order valence-corrected chi connectivity index (χ2v) is 7.21. The maximum atomic E-state index is 9.92. The van der Waals surface area contributed by atoms with Crippen molar-refractivity contribution in [1.82, 2.24) is 19.5 Å². The summed E-state index contributed by atoms with van der Waals surface area (Å²) in [6.45, 7) is 5.90. The molecule has 0 aliphatic carbocycles. The number of imidazole rings is 2. The predicted molar refractivity (Wildman–Crippen MR) is 100 cm³/mol. The number of aromatic nitrogens is 4. The number of hydrogen-bond acceptors (Lipinski definition) is 3. The van der Waals surface area contributed by atoms with E-state index in [1.165, 1.54) is 0 Å². The molecule has 2 N–H and O–H groups in total. The van der Waals surface area contributed by atoms with Gasteiger partial charge in [0.2, 0.25) is 0 Å². The number of hydrogen-bond donors (Lipinski definition) is 2. The van der Waals surface area contributed by atoms with Crippen molar-refractivity contribution in [3.63, 3.8) is 0 Å². The molecule has 0 spiro atoms. The molecule has 0 radical (unpaired) electrons. The zero-order chi connectivity index (χ0) is 17.9. The Morgan fingerprint density at radius 1 is 1.20 bits per heavy atom. The summed E-state index contributed by atoms with van der Waals surface area (Å²) in [5, 5.41) is 9.92. The summed E-state index contributed by atoms with van der Waals surface area (Å²) in [7, 11) is 0. The Kier molecular flexibility index (Phi) is 5.04. The van der Waals surface area contributed by atoms with Gasteiger partial charge in [-0.15, -0.1) is 0 Å². The highest BCUT2D eigenvalue weighted by molar-refractivity contribution is 5.75. The fourth-order valence-electron chi connectivity index (χ4n) is 3.10. The molecule has 0 aliphatic heterocycles. The SMILES string of the molecule is C[C@H](CCCC(C)(C)O)n1cnc(-c2ccccc2)c1-c1ncc[nH]1. The summed E-state index contributed by atoms with van der Waals surface area (Å²) in [4.78, 5) is 12.3. The molecule has 0 fully saturated rings. The van der Waals surface area contributed by atoms with Gasteiger partial charge in [-0.25, -0.2) is 9.97 Å². The van der Waals surface area contributed by atoms with Crippen LogP contribution >= 0.6 is 0 Å². The van der Waals surface area contributed by atoms with Crippen molar-refractivity contribution in [2.75, 3.05) is 0 Å². The first-order valence-corrected chi connectivity index (χ1v) is 8.80. The van der Waals surface area contributed by atoms with E-state index in [-0.39, 0.29) is 6.04 Å². The molecule has 3 aromatic rings. The van der Waals surface area contributed by atoms with Crippen LogP contribution in [0.15, 0.2) is 49.1 Å². The fourth-order valence-corrected chi connectivity index (χ4v) is 3.10. The normalized spacial score (nSPS) is 13.1. The van der Waals surface area contributed by atoms with E-state index in [0.717, 1.165) is 42.0 Å². The van der Waals surface area contributed by atoms with Crippen molar-refractivity contribution in [3.8, 4) is 22.8 Å². The monoisotopic (exact) mass is 338 g/mol. The number of aliphatic hydroxyl groups is 1. The van der Waals surface area contributed by atoms with Crippen molar-refractivity contribution in [1.29, 1.82) is 0 Å². The van der Waals surface area contributed by atoms with Crippen LogP contribution in [0.2, 0.25) is 0 Å². The van der Waals surface area contributed by atoms with Crippen LogP contribution in [0.3, 0.4) is 0 Å². The highest BCUT2D eigenvalue weighted by Gasteiger charge is 2.20. The zero-order valence-corrected chi connectivity index (χ0v) is 15.1. The molecule has 25 heavy (non-hydrogen) atoms. The summed E-state index contributed by atoms with van der Waals surface area (Å²) >= 11 is 0. The van der Waals surface area contributed by atoms with E-state index in [1.54, 1.807) is 6.20 Å². The number of benzene rings is 1. The third-order valence-electron chi connectivity index (χ3n) is 4.45. The van der Waals surface area contributed by atoms with Crippen LogP contribution in [0, 0.1) is 0 Å². The Labute approximate surface area is 148 Å². The first kappa shape index (κ1) is 17.4. The van der Waals surface area contributed by atoms with E-state index in [1.807, 2.05) is 44.6 Å². The summed E-state index contributed by atoms with van der Waals surface area (Å²) in [6.07, 6.45) is 8.22. The lowest BCUT2D eigenvalue weighted by Crippen LogP contribution is -2.18. The highest BCUT2D eigenvalue weighted by atomic mass is 16.3. The van der Waals surface area contributed by atoms with Gasteiger partial charge in [0, 0.05) is 24.0 Å². The van der Waals surface area contributed by atoms with E-state index >= 15 is 0 Å². The van der Waals surface area contributed by atoms with Gasteiger partial charge in [0.15, 0.2) is 5.82 Å². The molecule has 5 heteroatoms. The quantitative estimate of drug-likeness (QED) is 0.669. The van der Waals surface area contributed by atoms with Crippen LogP contribution in [0.4, 0.5) is 0 Å². The molecule has 0 saturated carbocycles. The molecule has 0 aliphatic rings. The second kappa shape index (κ2) is 7.23. The lowest BCUT2D eigenvalue weighted by atomic mass is 9.99. The van der Waals surface area contributed by atoms with Crippen LogP contribution in [-0.2, 0) is 0 Å². The maximum Gasteiger partial charge on any atom is 0.156 e. The van der Waals surface area contributed by atoms with Gasteiger partial charge in [-0.2, -0.15) is 0 Å². The molecule has 3 rings (SSSR count). The van der Waals surface area contributed by atoms with Gasteiger partial charge in [-0.1, -0.05) is 30.3 Å². The first-order chi connectivity index (χ1) is 12.0. The Hall–Kier alpha value is -2.40. The van der Waals surface area contributed by atoms with E-state index in [4.69, 9.17) is 0 Å². The van der Waals surface area contributed by atoms with Crippen LogP contribution in [-0.4, -0.2) is 30.2 Å². The number of nitrogens with zero attached hydrogens (tertiary/aromatic N) is 3. The summed E-state index contributed by atoms with van der Waals surface area (Å²) in [5.41, 5.74) is 2.40. The average molecular weight is 338 g/mol. The van der Waals surface area contributed by atoms with Gasteiger partial charge >= 0.3 is 0 Å². The number of H-pyrrole nitrogens is 1. The molecule has 1 atom stereocenters. The molecular weight excluding hydrogens is 312 g/mol. The van der Waals surface area contributed by atoms with Crippen molar-refractivity contribution >= 4 is 0 Å². The Balaban J connectivity index is 1.91. The first-order valence-electron chi connectivity index (χ1n) is 8.80. The summed E-state index contributed by atoms with van der Waals surface area (Å²) < 4.78 is 2.19. The van der Waals surface area contributed by atoms with Gasteiger partial charge in [0.1, 0.15) is 5.69 Å². The van der Waals surface area contributed by atoms with Crippen LogP contribution < -0.4 is 0 Å². The topological polar surface area (TPSA) is 66.7 Å². The largest absolute Gasteiger partial charge is 0.390 e. The van der Waals surface area contributed by atoms with Crippen LogP contribution in [0.1, 0.15) is 46.1 Å². The molecular formula is C20H26N4O. The Morgan fingerprint density at radius 3 is 2.60 bits per heavy atom. The molecule has 0 saturated heterocycles. The minimum Gasteiger partial charge on any atom is -0.390 e. The van der Waals surface area contributed by atoms with Crippen molar-refractivity contribution in [2.45, 2.75) is 51.7 Å². The van der Waals surface area contributed by atoms with Crippen LogP contribution in [0.25, 0.3) is 22.8 Å². The van der Waals surface area contributed by atoms with Crippen LogP contribution in [0.5, 0.6) is 0 Å². The van der Waals surface area contributed by atoms with Crippen molar-refractivity contribution in [3.05, 3.63) is 49.1 Å². The number of rotatable bonds is 7. The van der Waals surface area contributed by atoms with Crippen molar-refractivity contribution < 1.29 is 5.11 Å². The van der Waals surface area contributed by atoms with E-state index in [2.05, 4.69) is 38.6 Å². The predicted octanol–water partition coefficient (Wildman–Crippen LogP) is 4.44. The van der Waals surface area contributed by atoms with Gasteiger partial charge in [0.05, 0.1) is 17.6 Å². The van der Waals surface area contributed by atoms with E-state index < -0.39 is 5.60 Å². The summed E-state index contributed by atoms with van der Waals surface area (Å²) in [5.74, 6) is 0.825. The zero-order valence-electron chi connectivity index (χ0n) is 15.1. The molecule has 0 unspecified atom stereocenters.